The van der Waals surface area contributed by atoms with Crippen LogP contribution in [0.15, 0.2) is 65.7 Å². The van der Waals surface area contributed by atoms with Gasteiger partial charge in [0.15, 0.2) is 12.3 Å². The number of Topliss-reactive ketones (excluding diaryl/α,β-unsaturated/α-hetero) is 1. The summed E-state index contributed by atoms with van der Waals surface area (Å²) in [5.74, 6) is 0.489. The number of benzene rings is 1. The smallest absolute Gasteiger partial charge is 0.287 e. The van der Waals surface area contributed by atoms with Crippen LogP contribution in [-0.4, -0.2) is 15.9 Å². The summed E-state index contributed by atoms with van der Waals surface area (Å²) in [7, 11) is 0. The molecule has 3 rings (SSSR count). The van der Waals surface area contributed by atoms with Crippen molar-refractivity contribution in [3.8, 4) is 17.2 Å². The SMILES string of the molecule is Br.O=C(C[n+]1ccc(-c2ccco2)nc1)c1ccccc1O. The molecule has 1 aromatic carbocycles. The van der Waals surface area contributed by atoms with Gasteiger partial charge in [-0.1, -0.05) is 12.1 Å². The zero-order valence-corrected chi connectivity index (χ0v) is 13.3. The highest BCUT2D eigenvalue weighted by Gasteiger charge is 2.15. The van der Waals surface area contributed by atoms with E-state index in [1.54, 1.807) is 53.7 Å². The second kappa shape index (κ2) is 7.00. The Morgan fingerprint density at radius 2 is 2.00 bits per heavy atom. The van der Waals surface area contributed by atoms with Gasteiger partial charge in [-0.15, -0.1) is 17.0 Å². The van der Waals surface area contributed by atoms with Crippen LogP contribution in [-0.2, 0) is 6.54 Å². The van der Waals surface area contributed by atoms with Crippen molar-refractivity contribution < 1.29 is 18.9 Å². The molecule has 0 saturated heterocycles. The average molecular weight is 362 g/mol. The summed E-state index contributed by atoms with van der Waals surface area (Å²) >= 11 is 0. The predicted molar refractivity (Wildman–Crippen MR) is 84.9 cm³/mol. The largest absolute Gasteiger partial charge is 0.507 e. The van der Waals surface area contributed by atoms with Crippen molar-refractivity contribution >= 4 is 22.8 Å². The Labute approximate surface area is 137 Å². The molecule has 1 N–H and O–H groups in total. The summed E-state index contributed by atoms with van der Waals surface area (Å²) in [5.41, 5.74) is 1.01. The monoisotopic (exact) mass is 361 g/mol. The van der Waals surface area contributed by atoms with Crippen LogP contribution in [0.5, 0.6) is 5.75 Å². The number of furan rings is 1. The number of nitrogens with zero attached hydrogens (tertiary/aromatic N) is 2. The predicted octanol–water partition coefficient (Wildman–Crippen LogP) is 2.80. The molecule has 2 aromatic heterocycles. The minimum Gasteiger partial charge on any atom is -0.507 e. The number of halogens is 1. The summed E-state index contributed by atoms with van der Waals surface area (Å²) in [6, 6.07) is 11.9. The Morgan fingerprint density at radius 1 is 1.18 bits per heavy atom. The molecule has 0 aliphatic rings. The minimum absolute atomic E-state index is 0. The van der Waals surface area contributed by atoms with E-state index in [9.17, 15) is 9.90 Å². The van der Waals surface area contributed by atoms with Crippen molar-refractivity contribution in [2.24, 2.45) is 0 Å². The number of carbonyl (C=O) groups excluding carboxylic acids is 1. The first kappa shape index (κ1) is 15.9. The third kappa shape index (κ3) is 3.40. The summed E-state index contributed by atoms with van der Waals surface area (Å²) in [4.78, 5) is 16.4. The van der Waals surface area contributed by atoms with Gasteiger partial charge in [0.25, 0.3) is 6.33 Å². The first-order valence-corrected chi connectivity index (χ1v) is 6.44. The molecule has 0 atom stereocenters. The molecular formula is C16H14BrN2O3+. The normalized spacial score (nSPS) is 10.0. The van der Waals surface area contributed by atoms with Gasteiger partial charge < -0.3 is 9.52 Å². The highest BCUT2D eigenvalue weighted by molar-refractivity contribution is 8.93. The average Bonchev–Trinajstić information content (AvgIpc) is 3.02. The Bertz CT molecular complexity index is 755. The van der Waals surface area contributed by atoms with Crippen LogP contribution in [0, 0.1) is 0 Å². The van der Waals surface area contributed by atoms with Crippen molar-refractivity contribution in [2.75, 3.05) is 0 Å². The quantitative estimate of drug-likeness (QED) is 0.573. The lowest BCUT2D eigenvalue weighted by molar-refractivity contribution is -0.686. The topological polar surface area (TPSA) is 67.2 Å². The van der Waals surface area contributed by atoms with E-state index in [1.165, 1.54) is 6.07 Å². The Balaban J connectivity index is 0.00000176. The molecule has 22 heavy (non-hydrogen) atoms. The van der Waals surface area contributed by atoms with Crippen LogP contribution >= 0.6 is 17.0 Å². The van der Waals surface area contributed by atoms with Crippen LogP contribution in [0.2, 0.25) is 0 Å². The third-order valence-corrected chi connectivity index (χ3v) is 3.07. The van der Waals surface area contributed by atoms with Crippen LogP contribution in [0.1, 0.15) is 10.4 Å². The number of ketones is 1. The van der Waals surface area contributed by atoms with E-state index in [-0.39, 0.29) is 35.1 Å². The van der Waals surface area contributed by atoms with Gasteiger partial charge in [-0.2, -0.15) is 0 Å². The van der Waals surface area contributed by atoms with Crippen LogP contribution < -0.4 is 4.57 Å². The number of carbonyl (C=O) groups is 1. The van der Waals surface area contributed by atoms with Gasteiger partial charge >= 0.3 is 0 Å². The van der Waals surface area contributed by atoms with Crippen molar-refractivity contribution in [1.29, 1.82) is 0 Å². The van der Waals surface area contributed by atoms with Gasteiger partial charge in [-0.05, 0) is 29.2 Å². The Morgan fingerprint density at radius 3 is 2.64 bits per heavy atom. The van der Waals surface area contributed by atoms with Gasteiger partial charge in [0.1, 0.15) is 5.75 Å². The second-order valence-corrected chi connectivity index (χ2v) is 4.54. The summed E-state index contributed by atoms with van der Waals surface area (Å²) in [5, 5.41) is 9.67. The fraction of sp³-hybridized carbons (Fsp3) is 0.0625. The molecule has 112 valence electrons. The van der Waals surface area contributed by atoms with Crippen molar-refractivity contribution in [1.82, 2.24) is 4.98 Å². The zero-order chi connectivity index (χ0) is 14.7. The molecule has 3 aromatic rings. The van der Waals surface area contributed by atoms with Crippen molar-refractivity contribution in [3.05, 3.63) is 66.8 Å². The number of para-hydroxylation sites is 1. The highest BCUT2D eigenvalue weighted by atomic mass is 79.9. The Hall–Kier alpha value is -2.47. The Kier molecular flexibility index (Phi) is 5.06. The lowest BCUT2D eigenvalue weighted by Crippen LogP contribution is -2.37. The fourth-order valence-corrected chi connectivity index (χ4v) is 2.01. The minimum atomic E-state index is -0.175. The van der Waals surface area contributed by atoms with E-state index in [0.717, 1.165) is 0 Å². The number of phenols is 1. The lowest BCUT2D eigenvalue weighted by Gasteiger charge is -2.02. The molecule has 0 unspecified atom stereocenters. The van der Waals surface area contributed by atoms with E-state index in [1.807, 2.05) is 6.07 Å². The van der Waals surface area contributed by atoms with Gasteiger partial charge in [0, 0.05) is 6.07 Å². The number of aromatic hydroxyl groups is 1. The fourth-order valence-electron chi connectivity index (χ4n) is 2.01. The van der Waals surface area contributed by atoms with Gasteiger partial charge in [0.05, 0.1) is 18.0 Å². The molecule has 0 amide bonds. The molecule has 0 radical (unpaired) electrons. The van der Waals surface area contributed by atoms with Gasteiger partial charge in [-0.3, -0.25) is 4.79 Å². The van der Waals surface area contributed by atoms with E-state index in [0.29, 0.717) is 17.0 Å². The van der Waals surface area contributed by atoms with Gasteiger partial charge in [-0.25, -0.2) is 4.57 Å². The van der Waals surface area contributed by atoms with E-state index >= 15 is 0 Å². The number of hydrogen-bond donors (Lipinski definition) is 1. The molecule has 0 saturated carbocycles. The van der Waals surface area contributed by atoms with Crippen molar-refractivity contribution in [2.45, 2.75) is 6.54 Å². The van der Waals surface area contributed by atoms with Gasteiger partial charge in [0.2, 0.25) is 11.5 Å². The standard InChI is InChI=1S/C16H12N2O3.BrH/c19-14-5-2-1-4-12(14)15(20)10-18-8-7-13(17-11-18)16-6-3-9-21-16;/h1-9,11H,10H2;1H/p+1. The first-order valence-electron chi connectivity index (χ1n) is 6.44. The summed E-state index contributed by atoms with van der Waals surface area (Å²) in [6.07, 6.45) is 4.90. The highest BCUT2D eigenvalue weighted by Crippen LogP contribution is 2.17. The van der Waals surface area contributed by atoms with Crippen LogP contribution in [0.4, 0.5) is 0 Å². The maximum Gasteiger partial charge on any atom is 0.287 e. The lowest BCUT2D eigenvalue weighted by atomic mass is 10.1. The van der Waals surface area contributed by atoms with E-state index in [4.69, 9.17) is 4.42 Å². The molecule has 0 aliphatic carbocycles. The van der Waals surface area contributed by atoms with E-state index < -0.39 is 0 Å². The second-order valence-electron chi connectivity index (χ2n) is 4.54. The number of aromatic nitrogens is 2. The molecule has 2 heterocycles. The van der Waals surface area contributed by atoms with E-state index in [2.05, 4.69) is 4.98 Å². The summed E-state index contributed by atoms with van der Waals surface area (Å²) < 4.78 is 6.91. The molecule has 0 spiro atoms. The molecule has 5 nitrogen and oxygen atoms in total. The third-order valence-electron chi connectivity index (χ3n) is 3.07. The number of rotatable bonds is 4. The zero-order valence-electron chi connectivity index (χ0n) is 11.5. The first-order chi connectivity index (χ1) is 10.2. The molecule has 6 heteroatoms. The van der Waals surface area contributed by atoms with Crippen molar-refractivity contribution in [3.63, 3.8) is 0 Å². The maximum absolute atomic E-state index is 12.1. The maximum atomic E-state index is 12.1. The molecule has 0 bridgehead atoms. The van der Waals surface area contributed by atoms with Crippen LogP contribution in [0.3, 0.4) is 0 Å². The summed E-state index contributed by atoms with van der Waals surface area (Å²) in [6.45, 7) is 0.114. The molecular weight excluding hydrogens is 348 g/mol. The number of phenolic OH excluding ortho intramolecular Hbond substituents is 1. The van der Waals surface area contributed by atoms with Crippen LogP contribution in [0.25, 0.3) is 11.5 Å². The molecule has 0 fully saturated rings. The molecule has 0 aliphatic heterocycles. The number of hydrogen-bond acceptors (Lipinski definition) is 4.